The number of carbonyl (C=O) groups excluding carboxylic acids is 2. The quantitative estimate of drug-likeness (QED) is 0.454. The number of hydrogen-bond donors (Lipinski definition) is 1. The predicted molar refractivity (Wildman–Crippen MR) is 149 cm³/mol. The van der Waals surface area contributed by atoms with Crippen LogP contribution >= 0.6 is 11.6 Å². The molecule has 0 saturated heterocycles. The van der Waals surface area contributed by atoms with Gasteiger partial charge < -0.3 is 10.2 Å². The lowest BCUT2D eigenvalue weighted by atomic mass is 9.95. The average molecular weight is 548 g/mol. The van der Waals surface area contributed by atoms with Gasteiger partial charge in [0.1, 0.15) is 12.6 Å². The van der Waals surface area contributed by atoms with E-state index >= 15 is 0 Å². The van der Waals surface area contributed by atoms with Gasteiger partial charge in [0.15, 0.2) is 0 Å². The summed E-state index contributed by atoms with van der Waals surface area (Å²) in [5, 5.41) is 3.56. The molecular weight excluding hydrogens is 510 g/mol. The summed E-state index contributed by atoms with van der Waals surface area (Å²) in [6.45, 7) is 5.44. The summed E-state index contributed by atoms with van der Waals surface area (Å²) < 4.78 is 26.6. The van der Waals surface area contributed by atoms with Gasteiger partial charge >= 0.3 is 0 Å². The molecule has 202 valence electrons. The highest BCUT2D eigenvalue weighted by Gasteiger charge is 2.33. The molecule has 1 aliphatic carbocycles. The minimum Gasteiger partial charge on any atom is -0.352 e. The second kappa shape index (κ2) is 12.8. The third-order valence-corrected chi connectivity index (χ3v) is 8.48. The number of hydrogen-bond acceptors (Lipinski definition) is 4. The van der Waals surface area contributed by atoms with E-state index in [0.717, 1.165) is 52.9 Å². The Morgan fingerprint density at radius 2 is 1.70 bits per heavy atom. The summed E-state index contributed by atoms with van der Waals surface area (Å²) in [6.07, 6.45) is 6.67. The van der Waals surface area contributed by atoms with Crippen molar-refractivity contribution in [3.05, 3.63) is 64.2 Å². The van der Waals surface area contributed by atoms with Crippen molar-refractivity contribution in [1.29, 1.82) is 0 Å². The number of benzene rings is 2. The minimum absolute atomic E-state index is 0.105. The van der Waals surface area contributed by atoms with Crippen LogP contribution in [0.15, 0.2) is 42.5 Å². The molecule has 2 aromatic carbocycles. The number of aryl methyl sites for hydroxylation is 2. The molecule has 0 aliphatic heterocycles. The highest BCUT2D eigenvalue weighted by atomic mass is 35.5. The number of halogens is 1. The third-order valence-electron chi connectivity index (χ3n) is 6.93. The number of amides is 2. The van der Waals surface area contributed by atoms with E-state index in [1.54, 1.807) is 18.2 Å². The summed E-state index contributed by atoms with van der Waals surface area (Å²) >= 11 is 6.26. The standard InChI is InChI=1S/C28H38ClN3O4S/c1-5-26(28(34)30-23-9-7-6-8-10-23)31(18-22-14-11-20(2)12-15-22)27(33)19-32(37(4,35)36)24-16-13-21(3)25(29)17-24/h11-17,23,26H,5-10,18-19H2,1-4H3,(H,30,34). The molecule has 0 heterocycles. The molecule has 1 fully saturated rings. The van der Waals surface area contributed by atoms with Crippen LogP contribution in [0.1, 0.15) is 62.1 Å². The second-order valence-electron chi connectivity index (χ2n) is 9.98. The highest BCUT2D eigenvalue weighted by molar-refractivity contribution is 7.92. The summed E-state index contributed by atoms with van der Waals surface area (Å²) in [4.78, 5) is 28.7. The summed E-state index contributed by atoms with van der Waals surface area (Å²) in [7, 11) is -3.80. The summed E-state index contributed by atoms with van der Waals surface area (Å²) in [6, 6.07) is 12.0. The molecule has 0 aromatic heterocycles. The van der Waals surface area contributed by atoms with E-state index in [4.69, 9.17) is 11.6 Å². The Morgan fingerprint density at radius 1 is 1.05 bits per heavy atom. The first-order valence-electron chi connectivity index (χ1n) is 12.9. The number of anilines is 1. The van der Waals surface area contributed by atoms with Crippen molar-refractivity contribution in [2.45, 2.75) is 77.9 Å². The lowest BCUT2D eigenvalue weighted by molar-refractivity contribution is -0.140. The number of rotatable bonds is 10. The van der Waals surface area contributed by atoms with Crippen LogP contribution < -0.4 is 9.62 Å². The van der Waals surface area contributed by atoms with E-state index in [9.17, 15) is 18.0 Å². The molecule has 7 nitrogen and oxygen atoms in total. The summed E-state index contributed by atoms with van der Waals surface area (Å²) in [5.74, 6) is -0.646. The molecule has 2 aromatic rings. The molecule has 1 unspecified atom stereocenters. The van der Waals surface area contributed by atoms with Crippen LogP contribution in [0.2, 0.25) is 5.02 Å². The molecule has 9 heteroatoms. The van der Waals surface area contributed by atoms with E-state index in [1.165, 1.54) is 11.3 Å². The molecule has 1 aliphatic rings. The van der Waals surface area contributed by atoms with Crippen molar-refractivity contribution in [2.75, 3.05) is 17.1 Å². The SMILES string of the molecule is CCC(C(=O)NC1CCCCC1)N(Cc1ccc(C)cc1)C(=O)CN(c1ccc(C)c(Cl)c1)S(C)(=O)=O. The van der Waals surface area contributed by atoms with Crippen LogP contribution in [0.3, 0.4) is 0 Å². The van der Waals surface area contributed by atoms with Gasteiger partial charge in [0.2, 0.25) is 21.8 Å². The Labute approximate surface area is 226 Å². The Morgan fingerprint density at radius 3 is 2.27 bits per heavy atom. The first-order valence-corrected chi connectivity index (χ1v) is 15.1. The van der Waals surface area contributed by atoms with Crippen LogP contribution in [0, 0.1) is 13.8 Å². The van der Waals surface area contributed by atoms with E-state index in [-0.39, 0.29) is 18.5 Å². The van der Waals surface area contributed by atoms with E-state index in [2.05, 4.69) is 5.32 Å². The van der Waals surface area contributed by atoms with Crippen molar-refractivity contribution >= 4 is 39.1 Å². The van der Waals surface area contributed by atoms with Crippen molar-refractivity contribution in [3.8, 4) is 0 Å². The second-order valence-corrected chi connectivity index (χ2v) is 12.3. The van der Waals surface area contributed by atoms with Crippen LogP contribution in [-0.2, 0) is 26.2 Å². The fourth-order valence-corrected chi connectivity index (χ4v) is 5.72. The Kier molecular flexibility index (Phi) is 10.0. The van der Waals surface area contributed by atoms with E-state index in [1.807, 2.05) is 45.0 Å². The van der Waals surface area contributed by atoms with E-state index < -0.39 is 28.5 Å². The van der Waals surface area contributed by atoms with Crippen LogP contribution in [0.25, 0.3) is 0 Å². The average Bonchev–Trinajstić information content (AvgIpc) is 2.85. The molecular formula is C28H38ClN3O4S. The van der Waals surface area contributed by atoms with Gasteiger partial charge in [0, 0.05) is 17.6 Å². The first-order chi connectivity index (χ1) is 17.5. The Bertz CT molecular complexity index is 1190. The number of carbonyl (C=O) groups is 2. The van der Waals surface area contributed by atoms with Gasteiger partial charge in [-0.3, -0.25) is 13.9 Å². The largest absolute Gasteiger partial charge is 0.352 e. The smallest absolute Gasteiger partial charge is 0.244 e. The first kappa shape index (κ1) is 29.0. The summed E-state index contributed by atoms with van der Waals surface area (Å²) in [5.41, 5.74) is 3.06. The zero-order valence-electron chi connectivity index (χ0n) is 22.2. The molecule has 0 radical (unpaired) electrons. The van der Waals surface area contributed by atoms with Gasteiger partial charge in [-0.2, -0.15) is 0 Å². The van der Waals surface area contributed by atoms with Crippen molar-refractivity contribution in [1.82, 2.24) is 10.2 Å². The highest BCUT2D eigenvalue weighted by Crippen LogP contribution is 2.26. The van der Waals surface area contributed by atoms with Gasteiger partial charge in [0.25, 0.3) is 0 Å². The molecule has 1 saturated carbocycles. The maximum atomic E-state index is 13.8. The zero-order valence-corrected chi connectivity index (χ0v) is 23.7. The zero-order chi connectivity index (χ0) is 27.2. The maximum absolute atomic E-state index is 13.8. The molecule has 3 rings (SSSR count). The predicted octanol–water partition coefficient (Wildman–Crippen LogP) is 4.98. The lowest BCUT2D eigenvalue weighted by Crippen LogP contribution is -2.53. The van der Waals surface area contributed by atoms with E-state index in [0.29, 0.717) is 17.1 Å². The number of sulfonamides is 1. The fourth-order valence-electron chi connectivity index (χ4n) is 4.70. The molecule has 0 spiro atoms. The monoisotopic (exact) mass is 547 g/mol. The van der Waals surface area contributed by atoms with Gasteiger partial charge in [-0.15, -0.1) is 0 Å². The van der Waals surface area contributed by atoms with Gasteiger partial charge in [0.05, 0.1) is 11.9 Å². The molecule has 1 N–H and O–H groups in total. The normalized spacial score (nSPS) is 15.2. The fraction of sp³-hybridized carbons (Fsp3) is 0.500. The van der Waals surface area contributed by atoms with Crippen molar-refractivity contribution in [3.63, 3.8) is 0 Å². The van der Waals surface area contributed by atoms with Crippen molar-refractivity contribution in [2.24, 2.45) is 0 Å². The molecule has 2 amide bonds. The van der Waals surface area contributed by atoms with Crippen LogP contribution in [0.5, 0.6) is 0 Å². The number of nitrogens with one attached hydrogen (secondary N) is 1. The topological polar surface area (TPSA) is 86.8 Å². The maximum Gasteiger partial charge on any atom is 0.244 e. The minimum atomic E-state index is -3.80. The molecule has 0 bridgehead atoms. The van der Waals surface area contributed by atoms with Gasteiger partial charge in [-0.25, -0.2) is 8.42 Å². The van der Waals surface area contributed by atoms with Crippen LogP contribution in [-0.4, -0.2) is 50.0 Å². The van der Waals surface area contributed by atoms with Crippen molar-refractivity contribution < 1.29 is 18.0 Å². The lowest BCUT2D eigenvalue weighted by Gasteiger charge is -2.34. The van der Waals surface area contributed by atoms with Crippen LogP contribution in [0.4, 0.5) is 5.69 Å². The molecule has 1 atom stereocenters. The van der Waals surface area contributed by atoms with Gasteiger partial charge in [-0.05, 0) is 56.4 Å². The van der Waals surface area contributed by atoms with Gasteiger partial charge in [-0.1, -0.05) is 73.7 Å². The Hall–Kier alpha value is -2.58. The third kappa shape index (κ3) is 7.95. The Balaban J connectivity index is 1.92. The molecule has 37 heavy (non-hydrogen) atoms. The number of nitrogens with zero attached hydrogens (tertiary/aromatic N) is 2.